The van der Waals surface area contributed by atoms with Crippen LogP contribution < -0.4 is 5.32 Å². The molecule has 1 fully saturated rings. The Bertz CT molecular complexity index is 439. The van der Waals surface area contributed by atoms with Crippen LogP contribution >= 0.6 is 0 Å². The summed E-state index contributed by atoms with van der Waals surface area (Å²) in [7, 11) is 0. The summed E-state index contributed by atoms with van der Waals surface area (Å²) in [6, 6.07) is 5.73. The van der Waals surface area contributed by atoms with E-state index >= 15 is 0 Å². The molecule has 1 aliphatic heterocycles. The molecular formula is C15H20F3NO. The maximum absolute atomic E-state index is 12.9. The molecule has 1 aromatic carbocycles. The zero-order valence-corrected chi connectivity index (χ0v) is 11.6. The minimum absolute atomic E-state index is 0.254. The van der Waals surface area contributed by atoms with Crippen LogP contribution in [-0.4, -0.2) is 26.3 Å². The third kappa shape index (κ3) is 3.33. The monoisotopic (exact) mass is 287 g/mol. The van der Waals surface area contributed by atoms with Crippen molar-refractivity contribution in [2.75, 3.05) is 26.3 Å². The number of hydrogen-bond acceptors (Lipinski definition) is 2. The number of likely N-dealkylation sites (N-methyl/N-ethyl adjacent to an activating group) is 1. The number of alkyl halides is 3. The van der Waals surface area contributed by atoms with Crippen molar-refractivity contribution in [3.8, 4) is 0 Å². The van der Waals surface area contributed by atoms with Crippen molar-refractivity contribution in [3.63, 3.8) is 0 Å². The van der Waals surface area contributed by atoms with E-state index in [9.17, 15) is 13.2 Å². The molecule has 0 unspecified atom stereocenters. The van der Waals surface area contributed by atoms with Crippen molar-refractivity contribution >= 4 is 0 Å². The molecule has 0 aliphatic carbocycles. The van der Waals surface area contributed by atoms with E-state index in [0.717, 1.165) is 31.0 Å². The molecule has 1 saturated heterocycles. The summed E-state index contributed by atoms with van der Waals surface area (Å²) in [5.74, 6) is 0. The number of rotatable bonds is 4. The van der Waals surface area contributed by atoms with Crippen molar-refractivity contribution in [2.24, 2.45) is 0 Å². The molecule has 5 heteroatoms. The predicted molar refractivity (Wildman–Crippen MR) is 71.7 cm³/mol. The SMILES string of the molecule is CCNCC1(c2cccc(C(F)(F)F)c2)CCOCC1. The second-order valence-electron chi connectivity index (χ2n) is 5.25. The summed E-state index contributed by atoms with van der Waals surface area (Å²) in [4.78, 5) is 0. The Morgan fingerprint density at radius 1 is 1.25 bits per heavy atom. The third-order valence-electron chi connectivity index (χ3n) is 3.97. The van der Waals surface area contributed by atoms with Gasteiger partial charge in [0.25, 0.3) is 0 Å². The molecule has 0 aromatic heterocycles. The molecule has 0 spiro atoms. The van der Waals surface area contributed by atoms with E-state index in [-0.39, 0.29) is 5.41 Å². The number of ether oxygens (including phenoxy) is 1. The van der Waals surface area contributed by atoms with E-state index in [4.69, 9.17) is 4.74 Å². The lowest BCUT2D eigenvalue weighted by Gasteiger charge is -2.38. The first kappa shape index (κ1) is 15.3. The van der Waals surface area contributed by atoms with Gasteiger partial charge in [0.15, 0.2) is 0 Å². The molecule has 1 aliphatic rings. The van der Waals surface area contributed by atoms with Crippen LogP contribution in [0.3, 0.4) is 0 Å². The fourth-order valence-corrected chi connectivity index (χ4v) is 2.72. The van der Waals surface area contributed by atoms with Gasteiger partial charge in [-0.2, -0.15) is 13.2 Å². The summed E-state index contributed by atoms with van der Waals surface area (Å²) in [5.41, 5.74) is -0.0656. The highest BCUT2D eigenvalue weighted by Crippen LogP contribution is 2.37. The van der Waals surface area contributed by atoms with Crippen molar-refractivity contribution in [3.05, 3.63) is 35.4 Å². The van der Waals surface area contributed by atoms with E-state index in [0.29, 0.717) is 19.8 Å². The fraction of sp³-hybridized carbons (Fsp3) is 0.600. The average Bonchev–Trinajstić information content (AvgIpc) is 2.45. The van der Waals surface area contributed by atoms with Gasteiger partial charge in [0.05, 0.1) is 5.56 Å². The van der Waals surface area contributed by atoms with E-state index in [2.05, 4.69) is 5.32 Å². The Balaban J connectivity index is 2.33. The molecule has 20 heavy (non-hydrogen) atoms. The fourth-order valence-electron chi connectivity index (χ4n) is 2.72. The van der Waals surface area contributed by atoms with Gasteiger partial charge in [-0.05, 0) is 31.0 Å². The number of benzene rings is 1. The lowest BCUT2D eigenvalue weighted by molar-refractivity contribution is -0.137. The van der Waals surface area contributed by atoms with E-state index in [1.54, 1.807) is 6.07 Å². The van der Waals surface area contributed by atoms with Crippen LogP contribution in [0.25, 0.3) is 0 Å². The van der Waals surface area contributed by atoms with Crippen molar-refractivity contribution in [1.29, 1.82) is 0 Å². The molecule has 2 nitrogen and oxygen atoms in total. The molecule has 2 rings (SSSR count). The smallest absolute Gasteiger partial charge is 0.381 e. The average molecular weight is 287 g/mol. The molecule has 112 valence electrons. The highest BCUT2D eigenvalue weighted by molar-refractivity contribution is 5.32. The quantitative estimate of drug-likeness (QED) is 0.917. The second-order valence-corrected chi connectivity index (χ2v) is 5.25. The summed E-state index contributed by atoms with van der Waals surface area (Å²) in [6.45, 7) is 4.69. The highest BCUT2D eigenvalue weighted by Gasteiger charge is 2.37. The van der Waals surface area contributed by atoms with Crippen LogP contribution in [0.4, 0.5) is 13.2 Å². The molecule has 0 atom stereocenters. The zero-order chi connectivity index (χ0) is 14.6. The Morgan fingerprint density at radius 2 is 1.95 bits per heavy atom. The lowest BCUT2D eigenvalue weighted by Crippen LogP contribution is -2.42. The Kier molecular flexibility index (Phi) is 4.70. The van der Waals surface area contributed by atoms with Crippen molar-refractivity contribution in [2.45, 2.75) is 31.4 Å². The standard InChI is InChI=1S/C15H20F3NO/c1-2-19-11-14(6-8-20-9-7-14)12-4-3-5-13(10-12)15(16,17)18/h3-5,10,19H,2,6-9,11H2,1H3. The third-order valence-corrected chi connectivity index (χ3v) is 3.97. The van der Waals surface area contributed by atoms with Gasteiger partial charge < -0.3 is 10.1 Å². The van der Waals surface area contributed by atoms with Gasteiger partial charge in [-0.3, -0.25) is 0 Å². The van der Waals surface area contributed by atoms with Gasteiger partial charge in [-0.15, -0.1) is 0 Å². The number of hydrogen-bond donors (Lipinski definition) is 1. The van der Waals surface area contributed by atoms with Gasteiger partial charge >= 0.3 is 6.18 Å². The van der Waals surface area contributed by atoms with Gasteiger partial charge in [-0.1, -0.05) is 25.1 Å². The minimum atomic E-state index is -4.29. The molecule has 1 heterocycles. The maximum atomic E-state index is 12.9. The van der Waals surface area contributed by atoms with Gasteiger partial charge in [0, 0.05) is 25.2 Å². The first-order valence-corrected chi connectivity index (χ1v) is 6.94. The number of nitrogens with one attached hydrogen (secondary N) is 1. The zero-order valence-electron chi connectivity index (χ0n) is 11.6. The molecule has 0 bridgehead atoms. The number of halogens is 3. The molecule has 1 aromatic rings. The molecular weight excluding hydrogens is 267 g/mol. The van der Waals surface area contributed by atoms with Crippen molar-refractivity contribution < 1.29 is 17.9 Å². The predicted octanol–water partition coefficient (Wildman–Crippen LogP) is 3.36. The summed E-state index contributed by atoms with van der Waals surface area (Å²) in [6.07, 6.45) is -2.79. The normalized spacial score (nSPS) is 19.0. The Hall–Kier alpha value is -1.07. The first-order chi connectivity index (χ1) is 9.48. The minimum Gasteiger partial charge on any atom is -0.381 e. The molecule has 0 radical (unpaired) electrons. The van der Waals surface area contributed by atoms with Crippen LogP contribution in [0.1, 0.15) is 30.9 Å². The van der Waals surface area contributed by atoms with Crippen LogP contribution in [-0.2, 0) is 16.3 Å². The van der Waals surface area contributed by atoms with Crippen LogP contribution in [0.5, 0.6) is 0 Å². The lowest BCUT2D eigenvalue weighted by atomic mass is 9.73. The maximum Gasteiger partial charge on any atom is 0.416 e. The van der Waals surface area contributed by atoms with Crippen molar-refractivity contribution in [1.82, 2.24) is 5.32 Å². The second kappa shape index (κ2) is 6.14. The van der Waals surface area contributed by atoms with Crippen LogP contribution in [0, 0.1) is 0 Å². The molecule has 1 N–H and O–H groups in total. The van der Waals surface area contributed by atoms with E-state index in [1.165, 1.54) is 12.1 Å². The summed E-state index contributed by atoms with van der Waals surface area (Å²) < 4.78 is 44.0. The highest BCUT2D eigenvalue weighted by atomic mass is 19.4. The summed E-state index contributed by atoms with van der Waals surface area (Å²) >= 11 is 0. The van der Waals surface area contributed by atoms with Crippen LogP contribution in [0.2, 0.25) is 0 Å². The first-order valence-electron chi connectivity index (χ1n) is 6.94. The van der Waals surface area contributed by atoms with Gasteiger partial charge in [-0.25, -0.2) is 0 Å². The van der Waals surface area contributed by atoms with Gasteiger partial charge in [0.2, 0.25) is 0 Å². The molecule has 0 amide bonds. The molecule has 0 saturated carbocycles. The Labute approximate surface area is 117 Å². The van der Waals surface area contributed by atoms with Gasteiger partial charge in [0.1, 0.15) is 0 Å². The summed E-state index contributed by atoms with van der Waals surface area (Å²) in [5, 5.41) is 3.28. The topological polar surface area (TPSA) is 21.3 Å². The van der Waals surface area contributed by atoms with E-state index < -0.39 is 11.7 Å². The van der Waals surface area contributed by atoms with Crippen LogP contribution in [0.15, 0.2) is 24.3 Å². The van der Waals surface area contributed by atoms with E-state index in [1.807, 2.05) is 6.92 Å². The largest absolute Gasteiger partial charge is 0.416 e. The Morgan fingerprint density at radius 3 is 2.55 bits per heavy atom.